The number of nitrogens with zero attached hydrogens (tertiary/aromatic N) is 4. The van der Waals surface area contributed by atoms with Crippen molar-refractivity contribution >= 4 is 5.65 Å². The second kappa shape index (κ2) is 3.10. The number of aromatic nitrogens is 4. The number of nitrogens with two attached hydrogens (primary N) is 1. The Kier molecular flexibility index (Phi) is 1.94. The Morgan fingerprint density at radius 2 is 2.38 bits per heavy atom. The molecule has 13 heavy (non-hydrogen) atoms. The minimum Gasteiger partial charge on any atom is -0.330 e. The topological polar surface area (TPSA) is 69.1 Å². The molecule has 68 valence electrons. The molecular formula is C8H11N5. The van der Waals surface area contributed by atoms with Crippen molar-refractivity contribution in [1.82, 2.24) is 19.6 Å². The normalized spacial score (nSPS) is 10.9. The molecule has 0 saturated carbocycles. The van der Waals surface area contributed by atoms with Crippen LogP contribution in [0.1, 0.15) is 11.5 Å². The van der Waals surface area contributed by atoms with Crippen molar-refractivity contribution in [2.75, 3.05) is 6.54 Å². The van der Waals surface area contributed by atoms with Crippen molar-refractivity contribution in [2.45, 2.75) is 13.3 Å². The van der Waals surface area contributed by atoms with Crippen LogP contribution in [0, 0.1) is 6.92 Å². The van der Waals surface area contributed by atoms with Gasteiger partial charge in [0.15, 0.2) is 5.65 Å². The molecule has 0 saturated heterocycles. The highest BCUT2D eigenvalue weighted by molar-refractivity contribution is 5.33. The fraction of sp³-hybridized carbons (Fsp3) is 0.375. The van der Waals surface area contributed by atoms with Gasteiger partial charge in [0.2, 0.25) is 0 Å². The van der Waals surface area contributed by atoms with E-state index >= 15 is 0 Å². The van der Waals surface area contributed by atoms with E-state index in [-0.39, 0.29) is 0 Å². The maximum atomic E-state index is 5.42. The Morgan fingerprint density at radius 3 is 3.15 bits per heavy atom. The van der Waals surface area contributed by atoms with Crippen molar-refractivity contribution in [3.63, 3.8) is 0 Å². The third-order valence-corrected chi connectivity index (χ3v) is 1.78. The third-order valence-electron chi connectivity index (χ3n) is 1.78. The van der Waals surface area contributed by atoms with Gasteiger partial charge in [-0.2, -0.15) is 5.10 Å². The number of fused-ring (bicyclic) bond motifs is 1. The van der Waals surface area contributed by atoms with Gasteiger partial charge in [-0.1, -0.05) is 0 Å². The lowest BCUT2D eigenvalue weighted by Gasteiger charge is -1.96. The Hall–Kier alpha value is -1.49. The smallest absolute Gasteiger partial charge is 0.173 e. The van der Waals surface area contributed by atoms with Gasteiger partial charge in [0.05, 0.1) is 18.1 Å². The molecule has 0 amide bonds. The van der Waals surface area contributed by atoms with Gasteiger partial charge in [-0.3, -0.25) is 4.98 Å². The number of aryl methyl sites for hydroxylation is 1. The standard InChI is InChI=1S/C8H11N5/c1-6-11-8-4-10-7(2-3-9)5-13(8)12-6/h4-5H,2-3,9H2,1H3. The van der Waals surface area contributed by atoms with Crippen molar-refractivity contribution in [2.24, 2.45) is 5.73 Å². The van der Waals surface area contributed by atoms with Gasteiger partial charge in [0, 0.05) is 6.42 Å². The molecule has 5 nitrogen and oxygen atoms in total. The van der Waals surface area contributed by atoms with Crippen LogP contribution in [-0.4, -0.2) is 26.1 Å². The van der Waals surface area contributed by atoms with E-state index in [0.717, 1.165) is 23.6 Å². The molecule has 0 radical (unpaired) electrons. The van der Waals surface area contributed by atoms with Crippen LogP contribution in [0.3, 0.4) is 0 Å². The molecule has 2 N–H and O–H groups in total. The van der Waals surface area contributed by atoms with E-state index in [2.05, 4.69) is 15.1 Å². The van der Waals surface area contributed by atoms with Crippen LogP contribution in [0.2, 0.25) is 0 Å². The summed E-state index contributed by atoms with van der Waals surface area (Å²) < 4.78 is 1.73. The Morgan fingerprint density at radius 1 is 1.54 bits per heavy atom. The van der Waals surface area contributed by atoms with E-state index in [1.165, 1.54) is 0 Å². The zero-order valence-electron chi connectivity index (χ0n) is 7.44. The minimum absolute atomic E-state index is 0.603. The summed E-state index contributed by atoms with van der Waals surface area (Å²) >= 11 is 0. The molecule has 0 aliphatic carbocycles. The quantitative estimate of drug-likeness (QED) is 0.697. The molecule has 0 spiro atoms. The SMILES string of the molecule is Cc1nc2cnc(CCN)cn2n1. The number of rotatable bonds is 2. The summed E-state index contributed by atoms with van der Waals surface area (Å²) in [5.74, 6) is 0.756. The Bertz CT molecular complexity index is 419. The minimum atomic E-state index is 0.603. The van der Waals surface area contributed by atoms with Gasteiger partial charge >= 0.3 is 0 Å². The molecule has 2 rings (SSSR count). The van der Waals surface area contributed by atoms with E-state index in [4.69, 9.17) is 5.73 Å². The first-order valence-electron chi connectivity index (χ1n) is 4.17. The molecule has 0 fully saturated rings. The van der Waals surface area contributed by atoms with Crippen LogP contribution in [-0.2, 0) is 6.42 Å². The number of hydrogen-bond acceptors (Lipinski definition) is 4. The molecule has 0 atom stereocenters. The lowest BCUT2D eigenvalue weighted by molar-refractivity contribution is 0.858. The monoisotopic (exact) mass is 177 g/mol. The van der Waals surface area contributed by atoms with Crippen LogP contribution in [0.25, 0.3) is 5.65 Å². The average Bonchev–Trinajstić information content (AvgIpc) is 2.44. The zero-order chi connectivity index (χ0) is 9.26. The largest absolute Gasteiger partial charge is 0.330 e. The fourth-order valence-electron chi connectivity index (χ4n) is 1.22. The summed E-state index contributed by atoms with van der Waals surface area (Å²) in [5.41, 5.74) is 7.15. The molecule has 0 aliphatic rings. The summed E-state index contributed by atoms with van der Waals surface area (Å²) in [4.78, 5) is 8.38. The van der Waals surface area contributed by atoms with Crippen LogP contribution in [0.4, 0.5) is 0 Å². The van der Waals surface area contributed by atoms with E-state index in [1.54, 1.807) is 10.7 Å². The first-order chi connectivity index (χ1) is 6.29. The van der Waals surface area contributed by atoms with Gasteiger partial charge in [0.1, 0.15) is 5.82 Å². The Labute approximate surface area is 75.6 Å². The van der Waals surface area contributed by atoms with E-state index in [9.17, 15) is 0 Å². The second-order valence-corrected chi connectivity index (χ2v) is 2.88. The second-order valence-electron chi connectivity index (χ2n) is 2.88. The average molecular weight is 177 g/mol. The summed E-state index contributed by atoms with van der Waals surface area (Å²) in [7, 11) is 0. The third kappa shape index (κ3) is 1.50. The van der Waals surface area contributed by atoms with Crippen molar-refractivity contribution in [3.8, 4) is 0 Å². The van der Waals surface area contributed by atoms with Crippen molar-refractivity contribution < 1.29 is 0 Å². The lowest BCUT2D eigenvalue weighted by Crippen LogP contribution is -2.05. The zero-order valence-corrected chi connectivity index (χ0v) is 7.44. The molecule has 0 unspecified atom stereocenters. The molecule has 2 heterocycles. The fourth-order valence-corrected chi connectivity index (χ4v) is 1.22. The van der Waals surface area contributed by atoms with Crippen molar-refractivity contribution in [1.29, 1.82) is 0 Å². The van der Waals surface area contributed by atoms with Gasteiger partial charge < -0.3 is 5.73 Å². The summed E-state index contributed by atoms with van der Waals surface area (Å²) in [6.07, 6.45) is 4.35. The predicted octanol–water partition coefficient (Wildman–Crippen LogP) is -0.0661. The van der Waals surface area contributed by atoms with Crippen LogP contribution in [0.15, 0.2) is 12.4 Å². The van der Waals surface area contributed by atoms with Crippen molar-refractivity contribution in [3.05, 3.63) is 23.9 Å². The predicted molar refractivity (Wildman–Crippen MR) is 48.3 cm³/mol. The van der Waals surface area contributed by atoms with E-state index in [0.29, 0.717) is 6.54 Å². The summed E-state index contributed by atoms with van der Waals surface area (Å²) in [6, 6.07) is 0. The molecule has 0 aromatic carbocycles. The van der Waals surface area contributed by atoms with E-state index in [1.807, 2.05) is 13.1 Å². The highest BCUT2D eigenvalue weighted by Crippen LogP contribution is 2.00. The molecule has 0 aliphatic heterocycles. The maximum Gasteiger partial charge on any atom is 0.173 e. The Balaban J connectivity index is 2.48. The van der Waals surface area contributed by atoms with Crippen LogP contribution in [0.5, 0.6) is 0 Å². The van der Waals surface area contributed by atoms with Gasteiger partial charge in [-0.25, -0.2) is 9.50 Å². The van der Waals surface area contributed by atoms with Gasteiger partial charge in [-0.05, 0) is 13.5 Å². The first-order valence-corrected chi connectivity index (χ1v) is 4.17. The van der Waals surface area contributed by atoms with Gasteiger partial charge in [-0.15, -0.1) is 0 Å². The molecule has 2 aromatic rings. The molecule has 2 aromatic heterocycles. The highest BCUT2D eigenvalue weighted by atomic mass is 15.3. The summed E-state index contributed by atoms with van der Waals surface area (Å²) in [5, 5.41) is 4.18. The first kappa shape index (κ1) is 8.12. The maximum absolute atomic E-state index is 5.42. The lowest BCUT2D eigenvalue weighted by atomic mass is 10.3. The summed E-state index contributed by atoms with van der Waals surface area (Å²) in [6.45, 7) is 2.46. The molecule has 0 bridgehead atoms. The van der Waals surface area contributed by atoms with Crippen LogP contribution < -0.4 is 5.73 Å². The van der Waals surface area contributed by atoms with E-state index < -0.39 is 0 Å². The van der Waals surface area contributed by atoms with Gasteiger partial charge in [0.25, 0.3) is 0 Å². The number of hydrogen-bond donors (Lipinski definition) is 1. The highest BCUT2D eigenvalue weighted by Gasteiger charge is 2.00. The molecular weight excluding hydrogens is 166 g/mol. The van der Waals surface area contributed by atoms with Crippen LogP contribution >= 0.6 is 0 Å². The molecule has 5 heteroatoms.